The van der Waals surface area contributed by atoms with Gasteiger partial charge in [0.05, 0.1) is 0 Å². The number of ether oxygens (including phenoxy) is 1. The molecule has 2 rings (SSSR count). The lowest BCUT2D eigenvalue weighted by Crippen LogP contribution is -2.45. The summed E-state index contributed by atoms with van der Waals surface area (Å²) in [7, 11) is 0. The van der Waals surface area contributed by atoms with E-state index in [2.05, 4.69) is 5.32 Å². The first-order valence-corrected chi connectivity index (χ1v) is 6.45. The number of hydrogen-bond donors (Lipinski definition) is 1. The van der Waals surface area contributed by atoms with Gasteiger partial charge in [-0.3, -0.25) is 4.79 Å². The van der Waals surface area contributed by atoms with E-state index in [4.69, 9.17) is 4.74 Å². The summed E-state index contributed by atoms with van der Waals surface area (Å²) in [4.78, 5) is 14.1. The quantitative estimate of drug-likeness (QED) is 0.769. The van der Waals surface area contributed by atoms with Gasteiger partial charge in [0, 0.05) is 25.7 Å². The summed E-state index contributed by atoms with van der Waals surface area (Å²) in [6.45, 7) is 5.51. The van der Waals surface area contributed by atoms with Crippen molar-refractivity contribution in [3.05, 3.63) is 0 Å². The van der Waals surface area contributed by atoms with Gasteiger partial charge in [0.25, 0.3) is 5.91 Å². The van der Waals surface area contributed by atoms with Gasteiger partial charge in [-0.1, -0.05) is 0 Å². The van der Waals surface area contributed by atoms with E-state index in [1.54, 1.807) is 0 Å². The lowest BCUT2D eigenvalue weighted by Gasteiger charge is -2.26. The van der Waals surface area contributed by atoms with Crippen LogP contribution in [0.4, 0.5) is 0 Å². The van der Waals surface area contributed by atoms with Crippen LogP contribution < -0.4 is 5.32 Å². The summed E-state index contributed by atoms with van der Waals surface area (Å²) >= 11 is 0. The number of amides is 1. The molecule has 0 bridgehead atoms. The molecule has 0 saturated carbocycles. The summed E-state index contributed by atoms with van der Waals surface area (Å²) in [5.74, 6) is 0.189. The van der Waals surface area contributed by atoms with Crippen molar-refractivity contribution >= 4 is 5.91 Å². The number of carbonyl (C=O) groups is 1. The molecular weight excluding hydrogens is 204 g/mol. The lowest BCUT2D eigenvalue weighted by atomic mass is 10.1. The highest BCUT2D eigenvalue weighted by molar-refractivity contribution is 5.81. The average Bonchev–Trinajstić information content (AvgIpc) is 2.97. The average molecular weight is 226 g/mol. The minimum atomic E-state index is -0.165. The predicted octanol–water partition coefficient (Wildman–Crippen LogP) is 0.766. The van der Waals surface area contributed by atoms with Crippen molar-refractivity contribution in [3.8, 4) is 0 Å². The van der Waals surface area contributed by atoms with E-state index in [9.17, 15) is 4.79 Å². The summed E-state index contributed by atoms with van der Waals surface area (Å²) in [5.41, 5.74) is 0. The van der Waals surface area contributed by atoms with E-state index >= 15 is 0 Å². The molecule has 2 fully saturated rings. The Bertz CT molecular complexity index is 233. The van der Waals surface area contributed by atoms with E-state index in [1.807, 2.05) is 11.8 Å². The van der Waals surface area contributed by atoms with Gasteiger partial charge >= 0.3 is 0 Å². The number of rotatable bonds is 4. The molecule has 0 spiro atoms. The molecule has 0 radical (unpaired) electrons. The van der Waals surface area contributed by atoms with Crippen molar-refractivity contribution in [1.82, 2.24) is 10.2 Å². The summed E-state index contributed by atoms with van der Waals surface area (Å²) in [6.07, 6.45) is 4.18. The number of nitrogens with zero attached hydrogens (tertiary/aromatic N) is 1. The van der Waals surface area contributed by atoms with E-state index in [0.29, 0.717) is 6.04 Å². The highest BCUT2D eigenvalue weighted by atomic mass is 16.5. The second-order valence-corrected chi connectivity index (χ2v) is 4.67. The molecule has 16 heavy (non-hydrogen) atoms. The largest absolute Gasteiger partial charge is 0.368 e. The van der Waals surface area contributed by atoms with E-state index in [-0.39, 0.29) is 12.0 Å². The van der Waals surface area contributed by atoms with Crippen molar-refractivity contribution in [2.75, 3.05) is 26.2 Å². The molecule has 1 unspecified atom stereocenters. The third-order valence-corrected chi connectivity index (χ3v) is 3.50. The highest BCUT2D eigenvalue weighted by Gasteiger charge is 2.29. The van der Waals surface area contributed by atoms with Crippen molar-refractivity contribution in [1.29, 1.82) is 0 Å². The summed E-state index contributed by atoms with van der Waals surface area (Å²) in [5, 5.41) is 3.43. The molecule has 2 saturated heterocycles. The predicted molar refractivity (Wildman–Crippen MR) is 62.3 cm³/mol. The van der Waals surface area contributed by atoms with Crippen LogP contribution in [0, 0.1) is 0 Å². The van der Waals surface area contributed by atoms with Crippen LogP contribution >= 0.6 is 0 Å². The molecule has 2 aliphatic rings. The fourth-order valence-electron chi connectivity index (χ4n) is 2.53. The minimum Gasteiger partial charge on any atom is -0.368 e. The number of likely N-dealkylation sites (N-methyl/N-ethyl adjacent to an activating group) is 1. The van der Waals surface area contributed by atoms with Gasteiger partial charge < -0.3 is 15.0 Å². The molecule has 4 nitrogen and oxygen atoms in total. The molecule has 0 aromatic carbocycles. The molecule has 4 heteroatoms. The lowest BCUT2D eigenvalue weighted by molar-refractivity contribution is -0.141. The normalized spacial score (nSPS) is 29.6. The Labute approximate surface area is 97.3 Å². The van der Waals surface area contributed by atoms with Gasteiger partial charge in [0.1, 0.15) is 6.10 Å². The van der Waals surface area contributed by atoms with Crippen molar-refractivity contribution in [2.45, 2.75) is 44.8 Å². The third kappa shape index (κ3) is 2.74. The van der Waals surface area contributed by atoms with Crippen LogP contribution in [0.5, 0.6) is 0 Å². The van der Waals surface area contributed by atoms with Crippen LogP contribution in [0.2, 0.25) is 0 Å². The Kier molecular flexibility index (Phi) is 4.18. The van der Waals surface area contributed by atoms with E-state index in [1.165, 1.54) is 12.8 Å². The second kappa shape index (κ2) is 5.64. The topological polar surface area (TPSA) is 41.6 Å². The molecule has 1 N–H and O–H groups in total. The Morgan fingerprint density at radius 1 is 1.44 bits per heavy atom. The first-order valence-electron chi connectivity index (χ1n) is 6.45. The van der Waals surface area contributed by atoms with Crippen LogP contribution in [-0.4, -0.2) is 49.2 Å². The van der Waals surface area contributed by atoms with Crippen LogP contribution in [0.15, 0.2) is 0 Å². The zero-order chi connectivity index (χ0) is 11.4. The smallest absolute Gasteiger partial charge is 0.251 e. The molecule has 2 heterocycles. The second-order valence-electron chi connectivity index (χ2n) is 4.67. The highest BCUT2D eigenvalue weighted by Crippen LogP contribution is 2.16. The first kappa shape index (κ1) is 11.9. The Hall–Kier alpha value is -0.610. The maximum atomic E-state index is 12.1. The minimum absolute atomic E-state index is 0.165. The van der Waals surface area contributed by atoms with Gasteiger partial charge in [-0.05, 0) is 39.2 Å². The maximum absolute atomic E-state index is 12.1. The number of carbonyl (C=O) groups excluding carboxylic acids is 1. The van der Waals surface area contributed by atoms with Crippen molar-refractivity contribution < 1.29 is 9.53 Å². The zero-order valence-electron chi connectivity index (χ0n) is 10.1. The maximum Gasteiger partial charge on any atom is 0.251 e. The van der Waals surface area contributed by atoms with Crippen molar-refractivity contribution in [3.63, 3.8) is 0 Å². The van der Waals surface area contributed by atoms with Gasteiger partial charge in [-0.25, -0.2) is 0 Å². The van der Waals surface area contributed by atoms with Crippen molar-refractivity contribution in [2.24, 2.45) is 0 Å². The van der Waals surface area contributed by atoms with E-state index in [0.717, 1.165) is 39.1 Å². The molecule has 0 aromatic heterocycles. The van der Waals surface area contributed by atoms with Crippen LogP contribution in [0.1, 0.15) is 32.6 Å². The first-order chi connectivity index (χ1) is 7.81. The number of hydrogen-bond acceptors (Lipinski definition) is 3. The van der Waals surface area contributed by atoms with Gasteiger partial charge in [0.15, 0.2) is 0 Å². The zero-order valence-corrected chi connectivity index (χ0v) is 10.1. The molecule has 0 aromatic rings. The standard InChI is InChI=1S/C12H22N2O2/c1-2-14(9-10-5-3-7-13-10)12(15)11-6-4-8-16-11/h10-11,13H,2-9H2,1H3/t10?,11-/m0/s1. The Balaban J connectivity index is 1.84. The fraction of sp³-hybridized carbons (Fsp3) is 0.917. The Morgan fingerprint density at radius 3 is 2.88 bits per heavy atom. The van der Waals surface area contributed by atoms with Gasteiger partial charge in [-0.15, -0.1) is 0 Å². The van der Waals surface area contributed by atoms with Crippen LogP contribution in [0.25, 0.3) is 0 Å². The Morgan fingerprint density at radius 2 is 2.31 bits per heavy atom. The van der Waals surface area contributed by atoms with E-state index < -0.39 is 0 Å². The monoisotopic (exact) mass is 226 g/mol. The fourth-order valence-corrected chi connectivity index (χ4v) is 2.53. The number of nitrogens with one attached hydrogen (secondary N) is 1. The molecule has 92 valence electrons. The van der Waals surface area contributed by atoms with Gasteiger partial charge in [-0.2, -0.15) is 0 Å². The molecule has 2 atom stereocenters. The van der Waals surface area contributed by atoms with Crippen LogP contribution in [0.3, 0.4) is 0 Å². The van der Waals surface area contributed by atoms with Crippen LogP contribution in [-0.2, 0) is 9.53 Å². The SMILES string of the molecule is CCN(CC1CCCN1)C(=O)[C@@H]1CCCO1. The molecule has 1 amide bonds. The third-order valence-electron chi connectivity index (χ3n) is 3.50. The molecular formula is C12H22N2O2. The van der Waals surface area contributed by atoms with Gasteiger partial charge in [0.2, 0.25) is 0 Å². The molecule has 0 aliphatic carbocycles. The summed E-state index contributed by atoms with van der Waals surface area (Å²) in [6, 6.07) is 0.491. The molecule has 2 aliphatic heterocycles. The summed E-state index contributed by atoms with van der Waals surface area (Å²) < 4.78 is 5.45.